The molecule has 6 nitrogen and oxygen atoms in total. The summed E-state index contributed by atoms with van der Waals surface area (Å²) in [6, 6.07) is 0. The van der Waals surface area contributed by atoms with Gasteiger partial charge in [-0.15, -0.1) is 11.6 Å². The zero-order valence-corrected chi connectivity index (χ0v) is 10.5. The molecule has 17 heavy (non-hydrogen) atoms. The van der Waals surface area contributed by atoms with Crippen LogP contribution in [0.2, 0.25) is 0 Å². The monoisotopic (exact) mass is 280 g/mol. The Morgan fingerprint density at radius 2 is 2.35 bits per heavy atom. The van der Waals surface area contributed by atoms with Crippen molar-refractivity contribution in [2.75, 3.05) is 13.2 Å². The average molecular weight is 281 g/mol. The first-order chi connectivity index (χ1) is 7.94. The Kier molecular flexibility index (Phi) is 3.62. The Balaban J connectivity index is 1.94. The summed E-state index contributed by atoms with van der Waals surface area (Å²) in [5.41, 5.74) is 0. The van der Waals surface area contributed by atoms with Gasteiger partial charge in [-0.2, -0.15) is 13.1 Å². The van der Waals surface area contributed by atoms with Crippen LogP contribution in [0.1, 0.15) is 6.42 Å². The highest BCUT2D eigenvalue weighted by Crippen LogP contribution is 2.28. The minimum Gasteiger partial charge on any atom is -0.490 e. The lowest BCUT2D eigenvalue weighted by molar-refractivity contribution is 0.00167. The Morgan fingerprint density at radius 1 is 1.59 bits per heavy atom. The fraction of sp³-hybridized carbons (Fsp3) is 0.556. The highest BCUT2D eigenvalue weighted by Gasteiger charge is 2.26. The molecule has 1 unspecified atom stereocenters. The molecule has 1 aliphatic heterocycles. The predicted octanol–water partition coefficient (Wildman–Crippen LogP) is -0.0262. The molecule has 0 spiro atoms. The number of nitrogens with one attached hydrogen (secondary N) is 1. The lowest BCUT2D eigenvalue weighted by Crippen LogP contribution is -2.41. The van der Waals surface area contributed by atoms with Crippen LogP contribution < -0.4 is 9.86 Å². The highest BCUT2D eigenvalue weighted by atomic mass is 35.5. The quantitative estimate of drug-likeness (QED) is 0.711. The molecule has 0 saturated carbocycles. The van der Waals surface area contributed by atoms with Crippen molar-refractivity contribution in [3.05, 3.63) is 23.7 Å². The molecule has 0 bridgehead atoms. The highest BCUT2D eigenvalue weighted by molar-refractivity contribution is 7.87. The van der Waals surface area contributed by atoms with Gasteiger partial charge in [0, 0.05) is 6.42 Å². The first-order valence-corrected chi connectivity index (χ1v) is 7.04. The van der Waals surface area contributed by atoms with E-state index in [1.165, 1.54) is 0 Å². The normalized spacial score (nSPS) is 28.4. The standard InChI is InChI=1S/C9H13ClN2O4S/c10-6-1-2-8-9(3-6)15-5-7(16-8)4-12-17(11,13)14/h1-2,6-7,12H,3-5H2,(H2,11,13,14)/t6?,7-/m0/s1. The van der Waals surface area contributed by atoms with Crippen LogP contribution in [-0.4, -0.2) is 33.1 Å². The number of nitrogens with two attached hydrogens (primary N) is 1. The lowest BCUT2D eigenvalue weighted by atomic mass is 10.1. The first-order valence-electron chi connectivity index (χ1n) is 5.06. The third kappa shape index (κ3) is 3.60. The molecule has 2 aliphatic rings. The van der Waals surface area contributed by atoms with Crippen LogP contribution in [0, 0.1) is 0 Å². The molecule has 1 heterocycles. The molecule has 0 saturated heterocycles. The number of halogens is 1. The summed E-state index contributed by atoms with van der Waals surface area (Å²) in [5.74, 6) is 1.31. The van der Waals surface area contributed by atoms with Crippen LogP contribution in [0.15, 0.2) is 23.7 Å². The largest absolute Gasteiger partial charge is 0.490 e. The smallest absolute Gasteiger partial charge is 0.274 e. The van der Waals surface area contributed by atoms with E-state index < -0.39 is 10.2 Å². The van der Waals surface area contributed by atoms with Crippen molar-refractivity contribution in [1.82, 2.24) is 4.72 Å². The molecule has 0 aromatic rings. The van der Waals surface area contributed by atoms with Gasteiger partial charge >= 0.3 is 0 Å². The molecule has 3 N–H and O–H groups in total. The Bertz CT molecular complexity index is 460. The zero-order chi connectivity index (χ0) is 12.5. The van der Waals surface area contributed by atoms with Gasteiger partial charge in [-0.25, -0.2) is 5.14 Å². The van der Waals surface area contributed by atoms with E-state index >= 15 is 0 Å². The van der Waals surface area contributed by atoms with Gasteiger partial charge in [-0.05, 0) is 6.08 Å². The summed E-state index contributed by atoms with van der Waals surface area (Å²) in [7, 11) is -3.70. The van der Waals surface area contributed by atoms with Gasteiger partial charge in [-0.3, -0.25) is 0 Å². The number of rotatable bonds is 3. The predicted molar refractivity (Wildman–Crippen MR) is 62.4 cm³/mol. The summed E-state index contributed by atoms with van der Waals surface area (Å²) in [6.45, 7) is 0.354. The fourth-order valence-corrected chi connectivity index (χ4v) is 2.21. The maximum Gasteiger partial charge on any atom is 0.274 e. The van der Waals surface area contributed by atoms with E-state index in [0.29, 0.717) is 17.9 Å². The van der Waals surface area contributed by atoms with Gasteiger partial charge < -0.3 is 9.47 Å². The summed E-state index contributed by atoms with van der Waals surface area (Å²) >= 11 is 5.93. The van der Waals surface area contributed by atoms with Crippen molar-refractivity contribution in [2.45, 2.75) is 17.9 Å². The molecule has 1 aliphatic carbocycles. The molecular weight excluding hydrogens is 268 g/mol. The van der Waals surface area contributed by atoms with Gasteiger partial charge in [0.05, 0.1) is 11.9 Å². The molecule has 2 atom stereocenters. The van der Waals surface area contributed by atoms with Crippen LogP contribution in [-0.2, 0) is 19.7 Å². The van der Waals surface area contributed by atoms with E-state index in [4.69, 9.17) is 26.2 Å². The van der Waals surface area contributed by atoms with Crippen molar-refractivity contribution < 1.29 is 17.9 Å². The van der Waals surface area contributed by atoms with Crippen molar-refractivity contribution in [2.24, 2.45) is 5.14 Å². The molecule has 0 fully saturated rings. The first kappa shape index (κ1) is 12.7. The summed E-state index contributed by atoms with van der Waals surface area (Å²) < 4.78 is 34.7. The van der Waals surface area contributed by atoms with Crippen LogP contribution in [0.25, 0.3) is 0 Å². The van der Waals surface area contributed by atoms with E-state index in [1.54, 1.807) is 12.2 Å². The van der Waals surface area contributed by atoms with Gasteiger partial charge in [0.25, 0.3) is 10.2 Å². The molecule has 8 heteroatoms. The maximum absolute atomic E-state index is 10.7. The fourth-order valence-electron chi connectivity index (χ4n) is 1.58. The van der Waals surface area contributed by atoms with E-state index in [2.05, 4.69) is 4.72 Å². The second kappa shape index (κ2) is 4.85. The molecule has 0 amide bonds. The van der Waals surface area contributed by atoms with Crippen molar-refractivity contribution in [3.63, 3.8) is 0 Å². The number of hydrogen-bond acceptors (Lipinski definition) is 4. The van der Waals surface area contributed by atoms with Crippen molar-refractivity contribution in [3.8, 4) is 0 Å². The Morgan fingerprint density at radius 3 is 3.06 bits per heavy atom. The van der Waals surface area contributed by atoms with Gasteiger partial charge in [-0.1, -0.05) is 6.08 Å². The second-order valence-electron chi connectivity index (χ2n) is 3.81. The third-order valence-electron chi connectivity index (χ3n) is 2.36. The molecule has 0 aromatic heterocycles. The van der Waals surface area contributed by atoms with Crippen LogP contribution in [0.4, 0.5) is 0 Å². The van der Waals surface area contributed by atoms with Crippen LogP contribution in [0.5, 0.6) is 0 Å². The SMILES string of the molecule is NS(=O)(=O)NC[C@H]1COC2=C(C=CC(Cl)C2)O1. The summed E-state index contributed by atoms with van der Waals surface area (Å²) in [5, 5.41) is 4.74. The van der Waals surface area contributed by atoms with Gasteiger partial charge in [0.1, 0.15) is 18.5 Å². The molecule has 0 radical (unpaired) electrons. The molecule has 96 valence electrons. The minimum absolute atomic E-state index is 0.0771. The Hall–Kier alpha value is -0.760. The van der Waals surface area contributed by atoms with Gasteiger partial charge in [0.2, 0.25) is 0 Å². The number of alkyl halides is 1. The molecule has 2 rings (SSSR count). The van der Waals surface area contributed by atoms with E-state index in [0.717, 1.165) is 0 Å². The third-order valence-corrected chi connectivity index (χ3v) is 3.23. The van der Waals surface area contributed by atoms with E-state index in [1.807, 2.05) is 0 Å². The Labute approximate surface area is 105 Å². The van der Waals surface area contributed by atoms with Crippen molar-refractivity contribution >= 4 is 21.8 Å². The lowest BCUT2D eigenvalue weighted by Gasteiger charge is -2.30. The van der Waals surface area contributed by atoms with Crippen LogP contribution in [0.3, 0.4) is 0 Å². The summed E-state index contributed by atoms with van der Waals surface area (Å²) in [4.78, 5) is 0. The minimum atomic E-state index is -3.70. The number of hydrogen-bond donors (Lipinski definition) is 2. The number of allylic oxidation sites excluding steroid dienone is 3. The summed E-state index contributed by atoms with van der Waals surface area (Å²) in [6.07, 6.45) is 3.74. The van der Waals surface area contributed by atoms with Crippen LogP contribution >= 0.6 is 11.6 Å². The zero-order valence-electron chi connectivity index (χ0n) is 8.93. The number of ether oxygens (including phenoxy) is 2. The van der Waals surface area contributed by atoms with E-state index in [-0.39, 0.29) is 24.6 Å². The topological polar surface area (TPSA) is 90.7 Å². The average Bonchev–Trinajstić information content (AvgIpc) is 2.25. The maximum atomic E-state index is 10.7. The van der Waals surface area contributed by atoms with Crippen molar-refractivity contribution in [1.29, 1.82) is 0 Å². The second-order valence-corrected chi connectivity index (χ2v) is 5.75. The molecule has 0 aromatic carbocycles. The van der Waals surface area contributed by atoms with E-state index in [9.17, 15) is 8.42 Å². The van der Waals surface area contributed by atoms with Gasteiger partial charge in [0.15, 0.2) is 5.76 Å². The molecular formula is C9H13ClN2O4S.